The molecule has 0 aliphatic rings. The van der Waals surface area contributed by atoms with Crippen LogP contribution in [0.3, 0.4) is 0 Å². The Balaban J connectivity index is 1.43. The number of fused-ring (bicyclic) bond motifs is 1. The Bertz CT molecular complexity index is 1210. The number of imidazole rings is 1. The molecule has 0 saturated heterocycles. The van der Waals surface area contributed by atoms with Gasteiger partial charge in [0, 0.05) is 43.3 Å². The summed E-state index contributed by atoms with van der Waals surface area (Å²) in [5, 5.41) is 17.0. The Morgan fingerprint density at radius 1 is 1.00 bits per heavy atom. The molecule has 0 saturated carbocycles. The minimum Gasteiger partial charge on any atom is -0.396 e. The first-order valence-corrected chi connectivity index (χ1v) is 12.1. The van der Waals surface area contributed by atoms with Crippen molar-refractivity contribution in [3.8, 4) is 0 Å². The van der Waals surface area contributed by atoms with Crippen LogP contribution < -0.4 is 10.6 Å². The lowest BCUT2D eigenvalue weighted by Crippen LogP contribution is -2.35. The van der Waals surface area contributed by atoms with E-state index in [2.05, 4.69) is 37.7 Å². The van der Waals surface area contributed by atoms with Crippen molar-refractivity contribution >= 4 is 17.0 Å². The fraction of sp³-hybridized carbons (Fsp3) is 0.370. The molecule has 2 aromatic heterocycles. The lowest BCUT2D eigenvalue weighted by atomic mass is 9.89. The van der Waals surface area contributed by atoms with Crippen molar-refractivity contribution in [2.45, 2.75) is 51.9 Å². The lowest BCUT2D eigenvalue weighted by Gasteiger charge is -2.29. The predicted octanol–water partition coefficient (Wildman–Crippen LogP) is 4.71. The average molecular weight is 477 g/mol. The van der Waals surface area contributed by atoms with Gasteiger partial charge in [0.2, 0.25) is 0 Å². The van der Waals surface area contributed by atoms with Crippen molar-refractivity contribution in [2.75, 3.05) is 11.9 Å². The molecular formula is C27H33FN6O. The quantitative estimate of drug-likeness (QED) is 0.275. The minimum atomic E-state index is -0.267. The van der Waals surface area contributed by atoms with Crippen molar-refractivity contribution in [1.82, 2.24) is 24.8 Å². The number of rotatable bonds is 12. The van der Waals surface area contributed by atoms with E-state index in [9.17, 15) is 9.50 Å². The monoisotopic (exact) mass is 476 g/mol. The summed E-state index contributed by atoms with van der Waals surface area (Å²) in [5.41, 5.74) is 3.25. The molecule has 2 atom stereocenters. The zero-order valence-corrected chi connectivity index (χ0v) is 20.2. The van der Waals surface area contributed by atoms with Gasteiger partial charge in [0.1, 0.15) is 17.7 Å². The van der Waals surface area contributed by atoms with Crippen LogP contribution >= 0.6 is 0 Å². The molecule has 184 valence electrons. The number of aryl methyl sites for hydroxylation is 1. The standard InChI is InChI=1S/C27H33FN6O/c1-19(2)33-24(22-12-6-7-13-23(22)28)21(16-35)11-8-14-34-18-32-25-26(30-17-31-27(25)34)29-15-20-9-4-3-5-10-20/h3-7,9-10,12-13,17-19,21,24,33,35H,8,11,14-16H2,1-2H3,(H,29,30,31)/t21-,24-/m0/s1. The van der Waals surface area contributed by atoms with E-state index in [1.807, 2.05) is 42.7 Å². The van der Waals surface area contributed by atoms with E-state index in [1.54, 1.807) is 24.8 Å². The Morgan fingerprint density at radius 3 is 2.51 bits per heavy atom. The number of nitrogens with zero attached hydrogens (tertiary/aromatic N) is 4. The summed E-state index contributed by atoms with van der Waals surface area (Å²) >= 11 is 0. The van der Waals surface area contributed by atoms with E-state index in [0.29, 0.717) is 24.5 Å². The van der Waals surface area contributed by atoms with Crippen LogP contribution in [0.5, 0.6) is 0 Å². The van der Waals surface area contributed by atoms with Gasteiger partial charge in [-0.1, -0.05) is 62.4 Å². The maximum atomic E-state index is 14.6. The van der Waals surface area contributed by atoms with Crippen LogP contribution in [-0.4, -0.2) is 37.3 Å². The summed E-state index contributed by atoms with van der Waals surface area (Å²) < 4.78 is 16.6. The largest absolute Gasteiger partial charge is 0.396 e. The predicted molar refractivity (Wildman–Crippen MR) is 136 cm³/mol. The second kappa shape index (κ2) is 11.9. The van der Waals surface area contributed by atoms with Gasteiger partial charge in [0.15, 0.2) is 11.5 Å². The Hall–Kier alpha value is -3.36. The second-order valence-electron chi connectivity index (χ2n) is 9.08. The summed E-state index contributed by atoms with van der Waals surface area (Å²) in [6.45, 7) is 5.37. The molecule has 4 rings (SSSR count). The Kier molecular flexibility index (Phi) is 8.39. The number of hydrogen-bond donors (Lipinski definition) is 3. The number of aromatic nitrogens is 4. The molecule has 35 heavy (non-hydrogen) atoms. The zero-order valence-electron chi connectivity index (χ0n) is 20.2. The summed E-state index contributed by atoms with van der Waals surface area (Å²) in [6.07, 6.45) is 4.84. The topological polar surface area (TPSA) is 87.9 Å². The van der Waals surface area contributed by atoms with Gasteiger partial charge in [-0.3, -0.25) is 0 Å². The second-order valence-corrected chi connectivity index (χ2v) is 9.08. The van der Waals surface area contributed by atoms with Crippen molar-refractivity contribution in [2.24, 2.45) is 5.92 Å². The van der Waals surface area contributed by atoms with Gasteiger partial charge < -0.3 is 20.3 Å². The molecule has 0 aliphatic carbocycles. The van der Waals surface area contributed by atoms with Crippen molar-refractivity contribution < 1.29 is 9.50 Å². The normalized spacial score (nSPS) is 13.3. The molecule has 0 amide bonds. The number of aliphatic hydroxyl groups excluding tert-OH is 1. The first-order valence-electron chi connectivity index (χ1n) is 12.1. The van der Waals surface area contributed by atoms with Gasteiger partial charge in [-0.2, -0.15) is 0 Å². The van der Waals surface area contributed by atoms with Gasteiger partial charge in [0.25, 0.3) is 0 Å². The molecule has 7 nitrogen and oxygen atoms in total. The van der Waals surface area contributed by atoms with Crippen molar-refractivity contribution in [3.05, 3.63) is 84.2 Å². The molecule has 4 aromatic rings. The maximum absolute atomic E-state index is 14.6. The smallest absolute Gasteiger partial charge is 0.165 e. The van der Waals surface area contributed by atoms with Crippen LogP contribution in [0, 0.1) is 11.7 Å². The molecule has 2 aromatic carbocycles. The van der Waals surface area contributed by atoms with E-state index < -0.39 is 0 Å². The van der Waals surface area contributed by atoms with E-state index in [1.165, 1.54) is 6.07 Å². The zero-order chi connectivity index (χ0) is 24.6. The van der Waals surface area contributed by atoms with Crippen LogP contribution in [0.15, 0.2) is 67.3 Å². The summed E-state index contributed by atoms with van der Waals surface area (Å²) in [4.78, 5) is 13.4. The van der Waals surface area contributed by atoms with Crippen LogP contribution in [0.4, 0.5) is 10.2 Å². The number of hydrogen-bond acceptors (Lipinski definition) is 6. The molecule has 0 unspecified atom stereocenters. The molecule has 0 aliphatic heterocycles. The summed E-state index contributed by atoms with van der Waals surface area (Å²) in [6, 6.07) is 16.8. The highest BCUT2D eigenvalue weighted by Gasteiger charge is 2.25. The van der Waals surface area contributed by atoms with E-state index in [-0.39, 0.29) is 30.4 Å². The highest BCUT2D eigenvalue weighted by atomic mass is 19.1. The van der Waals surface area contributed by atoms with E-state index >= 15 is 0 Å². The number of halogens is 1. The molecule has 3 N–H and O–H groups in total. The number of nitrogens with one attached hydrogen (secondary N) is 2. The van der Waals surface area contributed by atoms with E-state index in [4.69, 9.17) is 0 Å². The van der Waals surface area contributed by atoms with Crippen LogP contribution in [0.25, 0.3) is 11.2 Å². The third-order valence-corrected chi connectivity index (χ3v) is 6.14. The molecule has 0 radical (unpaired) electrons. The van der Waals surface area contributed by atoms with E-state index in [0.717, 1.165) is 29.6 Å². The van der Waals surface area contributed by atoms with Gasteiger partial charge >= 0.3 is 0 Å². The van der Waals surface area contributed by atoms with Crippen LogP contribution in [-0.2, 0) is 13.1 Å². The molecule has 0 bridgehead atoms. The van der Waals surface area contributed by atoms with Gasteiger partial charge in [-0.15, -0.1) is 0 Å². The SMILES string of the molecule is CC(C)N[C@H](c1ccccc1F)[C@H](CO)CCCn1cnc2c(NCc3ccccc3)ncnc21. The first-order chi connectivity index (χ1) is 17.1. The van der Waals surface area contributed by atoms with Crippen LogP contribution in [0.1, 0.15) is 43.9 Å². The highest BCUT2D eigenvalue weighted by molar-refractivity contribution is 5.82. The van der Waals surface area contributed by atoms with Gasteiger partial charge in [-0.05, 0) is 24.5 Å². The molecular weight excluding hydrogens is 443 g/mol. The lowest BCUT2D eigenvalue weighted by molar-refractivity contribution is 0.171. The fourth-order valence-electron chi connectivity index (χ4n) is 4.41. The van der Waals surface area contributed by atoms with Gasteiger partial charge in [-0.25, -0.2) is 19.3 Å². The Morgan fingerprint density at radius 2 is 1.77 bits per heavy atom. The first kappa shape index (κ1) is 24.8. The summed E-state index contributed by atoms with van der Waals surface area (Å²) in [5.74, 6) is 0.324. The maximum Gasteiger partial charge on any atom is 0.165 e. The average Bonchev–Trinajstić information content (AvgIpc) is 3.29. The van der Waals surface area contributed by atoms with Crippen molar-refractivity contribution in [3.63, 3.8) is 0 Å². The van der Waals surface area contributed by atoms with Crippen molar-refractivity contribution in [1.29, 1.82) is 0 Å². The highest BCUT2D eigenvalue weighted by Crippen LogP contribution is 2.29. The van der Waals surface area contributed by atoms with Gasteiger partial charge in [0.05, 0.1) is 6.33 Å². The molecule has 2 heterocycles. The Labute approximate surface area is 205 Å². The minimum absolute atomic E-state index is 0.0286. The number of aliphatic hydroxyl groups is 1. The third-order valence-electron chi connectivity index (χ3n) is 6.14. The number of anilines is 1. The number of benzene rings is 2. The molecule has 0 spiro atoms. The molecule has 8 heteroatoms. The summed E-state index contributed by atoms with van der Waals surface area (Å²) in [7, 11) is 0. The molecule has 0 fully saturated rings. The van der Waals surface area contributed by atoms with Crippen LogP contribution in [0.2, 0.25) is 0 Å². The fourth-order valence-corrected chi connectivity index (χ4v) is 4.41. The third kappa shape index (κ3) is 6.21.